The molecule has 2 fully saturated rings. The van der Waals surface area contributed by atoms with Crippen LogP contribution in [0.15, 0.2) is 47.8 Å². The first-order chi connectivity index (χ1) is 20.0. The normalized spacial score (nSPS) is 19.6. The van der Waals surface area contributed by atoms with Crippen molar-refractivity contribution in [3.63, 3.8) is 0 Å². The largest absolute Gasteiger partial charge is 0.493 e. The zero-order valence-electron chi connectivity index (χ0n) is 23.5. The number of fused-ring (bicyclic) bond motifs is 1. The van der Waals surface area contributed by atoms with Gasteiger partial charge in [0.05, 0.1) is 25.3 Å². The molecule has 3 N–H and O–H groups in total. The molecule has 3 unspecified atom stereocenters. The quantitative estimate of drug-likeness (QED) is 0.338. The molecule has 9 heteroatoms. The number of hydrogen-bond acceptors (Lipinski definition) is 7. The highest BCUT2D eigenvalue weighted by molar-refractivity contribution is 7.09. The summed E-state index contributed by atoms with van der Waals surface area (Å²) in [5, 5.41) is 20.7. The van der Waals surface area contributed by atoms with E-state index in [1.165, 1.54) is 0 Å². The molecule has 1 saturated heterocycles. The lowest BCUT2D eigenvalue weighted by atomic mass is 9.93. The summed E-state index contributed by atoms with van der Waals surface area (Å²) >= 11 is 1.57. The number of aliphatic hydroxyl groups excluding tert-OH is 1. The fourth-order valence-electron chi connectivity index (χ4n) is 5.97. The molecule has 1 aliphatic carbocycles. The van der Waals surface area contributed by atoms with Crippen LogP contribution in [0, 0.1) is 6.92 Å². The van der Waals surface area contributed by atoms with Crippen LogP contribution in [0.1, 0.15) is 74.6 Å². The summed E-state index contributed by atoms with van der Waals surface area (Å²) < 4.78 is 5.99. The standard InChI is InChI=1S/C32H38N4O4S/c1-20-19-41-29(34-20)18-36(23-11-12-23)32(39)25-16-22(17-28-24(25)9-6-14-40-28)31(38)35-27(15-21-7-3-2-4-8-21)30(37)26-10-5-13-33-26/h2-4,7-8,16-17,19,23,26-27,30,33,37H,5-6,9-15,18H2,1H3,(H,35,38). The van der Waals surface area contributed by atoms with Gasteiger partial charge in [-0.15, -0.1) is 11.3 Å². The van der Waals surface area contributed by atoms with Crippen molar-refractivity contribution >= 4 is 23.2 Å². The summed E-state index contributed by atoms with van der Waals surface area (Å²) in [6.45, 7) is 3.84. The molecule has 1 aromatic heterocycles. The molecule has 2 amide bonds. The number of carbonyl (C=O) groups excluding carboxylic acids is 2. The molecular formula is C32H38N4O4S. The van der Waals surface area contributed by atoms with Gasteiger partial charge in [-0.1, -0.05) is 30.3 Å². The summed E-state index contributed by atoms with van der Waals surface area (Å²) in [7, 11) is 0. The maximum absolute atomic E-state index is 14.1. The van der Waals surface area contributed by atoms with Crippen LogP contribution in [-0.4, -0.2) is 64.2 Å². The van der Waals surface area contributed by atoms with E-state index in [9.17, 15) is 14.7 Å². The highest BCUT2D eigenvalue weighted by atomic mass is 32.1. The van der Waals surface area contributed by atoms with Gasteiger partial charge < -0.3 is 25.4 Å². The number of nitrogens with zero attached hydrogens (tertiary/aromatic N) is 2. The Morgan fingerprint density at radius 1 is 1.20 bits per heavy atom. The summed E-state index contributed by atoms with van der Waals surface area (Å²) in [5.74, 6) is 0.209. The summed E-state index contributed by atoms with van der Waals surface area (Å²) in [4.78, 5) is 34.4. The summed E-state index contributed by atoms with van der Waals surface area (Å²) in [6, 6.07) is 13.0. The number of nitrogens with one attached hydrogen (secondary N) is 2. The van der Waals surface area contributed by atoms with Crippen LogP contribution in [0.3, 0.4) is 0 Å². The Labute approximate surface area is 245 Å². The lowest BCUT2D eigenvalue weighted by molar-refractivity contribution is 0.0726. The molecule has 216 valence electrons. The van der Waals surface area contributed by atoms with Crippen molar-refractivity contribution in [1.82, 2.24) is 20.5 Å². The second kappa shape index (κ2) is 12.3. The molecule has 8 nitrogen and oxygen atoms in total. The van der Waals surface area contributed by atoms with Crippen LogP contribution in [0.4, 0.5) is 0 Å². The molecule has 3 atom stereocenters. The first kappa shape index (κ1) is 27.9. The second-order valence-corrected chi connectivity index (χ2v) is 12.4. The van der Waals surface area contributed by atoms with Gasteiger partial charge in [-0.3, -0.25) is 9.59 Å². The van der Waals surface area contributed by atoms with Crippen molar-refractivity contribution in [2.45, 2.75) is 82.6 Å². The first-order valence-electron chi connectivity index (χ1n) is 14.7. The van der Waals surface area contributed by atoms with Gasteiger partial charge in [0, 0.05) is 39.8 Å². The number of benzene rings is 2. The lowest BCUT2D eigenvalue weighted by Crippen LogP contribution is -2.52. The first-order valence-corrected chi connectivity index (χ1v) is 15.6. The molecule has 41 heavy (non-hydrogen) atoms. The monoisotopic (exact) mass is 574 g/mol. The van der Waals surface area contributed by atoms with Gasteiger partial charge in [0.1, 0.15) is 10.8 Å². The maximum atomic E-state index is 14.1. The third kappa shape index (κ3) is 6.47. The molecule has 3 aromatic rings. The van der Waals surface area contributed by atoms with E-state index in [0.717, 1.165) is 66.9 Å². The smallest absolute Gasteiger partial charge is 0.254 e. The van der Waals surface area contributed by atoms with E-state index in [1.807, 2.05) is 47.5 Å². The highest BCUT2D eigenvalue weighted by Crippen LogP contribution is 2.35. The summed E-state index contributed by atoms with van der Waals surface area (Å²) in [6.07, 6.45) is 5.13. The van der Waals surface area contributed by atoms with Crippen LogP contribution >= 0.6 is 11.3 Å². The Morgan fingerprint density at radius 3 is 2.73 bits per heavy atom. The third-order valence-electron chi connectivity index (χ3n) is 8.29. The average Bonchev–Trinajstić information content (AvgIpc) is 3.51. The molecule has 6 rings (SSSR count). The average molecular weight is 575 g/mol. The van der Waals surface area contributed by atoms with Gasteiger partial charge >= 0.3 is 0 Å². The highest BCUT2D eigenvalue weighted by Gasteiger charge is 2.36. The van der Waals surface area contributed by atoms with Gasteiger partial charge in [-0.05, 0) is 76.1 Å². The fraction of sp³-hybridized carbons (Fsp3) is 0.469. The Balaban J connectivity index is 1.28. The number of thiazole rings is 1. The molecule has 3 heterocycles. The van der Waals surface area contributed by atoms with Crippen molar-refractivity contribution < 1.29 is 19.4 Å². The van der Waals surface area contributed by atoms with E-state index in [1.54, 1.807) is 23.5 Å². The van der Waals surface area contributed by atoms with Crippen molar-refractivity contribution in [3.8, 4) is 5.75 Å². The molecular weight excluding hydrogens is 536 g/mol. The van der Waals surface area contributed by atoms with E-state index in [0.29, 0.717) is 36.4 Å². The molecule has 0 radical (unpaired) electrons. The van der Waals surface area contributed by atoms with Crippen LogP contribution < -0.4 is 15.4 Å². The predicted molar refractivity (Wildman–Crippen MR) is 158 cm³/mol. The number of carbonyl (C=O) groups is 2. The Bertz CT molecular complexity index is 1380. The van der Waals surface area contributed by atoms with Crippen molar-refractivity contribution in [1.29, 1.82) is 0 Å². The van der Waals surface area contributed by atoms with Gasteiger partial charge in [-0.25, -0.2) is 4.98 Å². The van der Waals surface area contributed by atoms with Crippen molar-refractivity contribution in [2.24, 2.45) is 0 Å². The van der Waals surface area contributed by atoms with Gasteiger partial charge in [0.15, 0.2) is 0 Å². The lowest BCUT2D eigenvalue weighted by Gasteiger charge is -2.29. The molecule has 2 aliphatic heterocycles. The van der Waals surface area contributed by atoms with Crippen LogP contribution in [-0.2, 0) is 19.4 Å². The van der Waals surface area contributed by atoms with Crippen LogP contribution in [0.2, 0.25) is 0 Å². The van der Waals surface area contributed by atoms with E-state index in [2.05, 4.69) is 15.6 Å². The Morgan fingerprint density at radius 2 is 2.02 bits per heavy atom. The van der Waals surface area contributed by atoms with Crippen molar-refractivity contribution in [2.75, 3.05) is 13.2 Å². The second-order valence-electron chi connectivity index (χ2n) is 11.5. The number of aromatic nitrogens is 1. The van der Waals surface area contributed by atoms with Crippen LogP contribution in [0.25, 0.3) is 0 Å². The zero-order valence-corrected chi connectivity index (χ0v) is 24.3. The maximum Gasteiger partial charge on any atom is 0.254 e. The number of aryl methyl sites for hydroxylation is 1. The Kier molecular flexibility index (Phi) is 8.37. The minimum atomic E-state index is -0.747. The van der Waals surface area contributed by atoms with E-state index >= 15 is 0 Å². The third-order valence-corrected chi connectivity index (χ3v) is 9.24. The number of amides is 2. The number of aliphatic hydroxyl groups is 1. The fourth-order valence-corrected chi connectivity index (χ4v) is 6.74. The van der Waals surface area contributed by atoms with Crippen LogP contribution in [0.5, 0.6) is 5.75 Å². The minimum Gasteiger partial charge on any atom is -0.493 e. The SMILES string of the molecule is Cc1csc(CN(C(=O)c2cc(C(=O)NC(Cc3ccccc3)C(O)C3CCCN3)cc3c2CCCO3)C2CC2)n1. The van der Waals surface area contributed by atoms with Gasteiger partial charge in [0.25, 0.3) is 11.8 Å². The van der Waals surface area contributed by atoms with Crippen molar-refractivity contribution in [3.05, 3.63) is 80.8 Å². The topological polar surface area (TPSA) is 104 Å². The molecule has 1 saturated carbocycles. The molecule has 0 spiro atoms. The van der Waals surface area contributed by atoms with Gasteiger partial charge in [-0.2, -0.15) is 0 Å². The Hall–Kier alpha value is -3.27. The summed E-state index contributed by atoms with van der Waals surface area (Å²) in [5.41, 5.74) is 3.77. The number of ether oxygens (including phenoxy) is 1. The van der Waals surface area contributed by atoms with E-state index in [4.69, 9.17) is 4.74 Å². The molecule has 2 aromatic carbocycles. The molecule has 0 bridgehead atoms. The van der Waals surface area contributed by atoms with E-state index < -0.39 is 12.1 Å². The zero-order chi connectivity index (χ0) is 28.3. The molecule has 3 aliphatic rings. The predicted octanol–water partition coefficient (Wildman–Crippen LogP) is 4.04. The van der Waals surface area contributed by atoms with Gasteiger partial charge in [0.2, 0.25) is 0 Å². The number of rotatable bonds is 10. The van der Waals surface area contributed by atoms with E-state index in [-0.39, 0.29) is 23.9 Å². The minimum absolute atomic E-state index is 0.0744. The number of hydrogen-bond donors (Lipinski definition) is 3.